The van der Waals surface area contributed by atoms with Crippen LogP contribution in [-0.2, 0) is 6.18 Å². The molecule has 1 aromatic rings. The Labute approximate surface area is 104 Å². The Balaban J connectivity index is 3.10. The van der Waals surface area contributed by atoms with Gasteiger partial charge in [0.15, 0.2) is 5.78 Å². The maximum Gasteiger partial charge on any atom is 0.416 e. The monoisotopic (exact) mass is 259 g/mol. The van der Waals surface area contributed by atoms with E-state index in [1.165, 1.54) is 13.0 Å². The normalized spacial score (nSPS) is 13.4. The summed E-state index contributed by atoms with van der Waals surface area (Å²) in [6.07, 6.45) is -3.81. The molecular weight excluding hydrogens is 243 g/mol. The zero-order valence-electron chi connectivity index (χ0n) is 10.3. The molecule has 0 aliphatic heterocycles. The summed E-state index contributed by atoms with van der Waals surface area (Å²) < 4.78 is 37.5. The lowest BCUT2D eigenvalue weighted by Crippen LogP contribution is -2.24. The number of hydrogen-bond acceptors (Lipinski definition) is 2. The molecule has 0 bridgehead atoms. The predicted octanol–water partition coefficient (Wildman–Crippen LogP) is 3.18. The molecule has 0 aliphatic carbocycles. The van der Waals surface area contributed by atoms with Crippen LogP contribution in [0.1, 0.15) is 34.8 Å². The lowest BCUT2D eigenvalue weighted by atomic mass is 9.92. The van der Waals surface area contributed by atoms with E-state index >= 15 is 0 Å². The van der Waals surface area contributed by atoms with E-state index in [9.17, 15) is 18.0 Å². The molecule has 18 heavy (non-hydrogen) atoms. The molecule has 0 fully saturated rings. The molecule has 0 aliphatic rings. The molecule has 0 heterocycles. The number of carbonyl (C=O) groups is 1. The fourth-order valence-electron chi connectivity index (χ4n) is 1.80. The fourth-order valence-corrected chi connectivity index (χ4v) is 1.80. The molecule has 2 N–H and O–H groups in total. The van der Waals surface area contributed by atoms with Crippen molar-refractivity contribution in [3.05, 3.63) is 34.9 Å². The van der Waals surface area contributed by atoms with Gasteiger partial charge in [0.05, 0.1) is 5.56 Å². The molecule has 0 radical (unpaired) electrons. The lowest BCUT2D eigenvalue weighted by molar-refractivity contribution is -0.137. The smallest absolute Gasteiger partial charge is 0.330 e. The number of nitrogens with two attached hydrogens (primary N) is 1. The number of benzene rings is 1. The second-order valence-electron chi connectivity index (χ2n) is 4.23. The average molecular weight is 259 g/mol. The number of rotatable bonds is 4. The van der Waals surface area contributed by atoms with Crippen molar-refractivity contribution in [1.29, 1.82) is 0 Å². The van der Waals surface area contributed by atoms with Crippen LogP contribution < -0.4 is 5.73 Å². The van der Waals surface area contributed by atoms with E-state index in [-0.39, 0.29) is 18.2 Å². The van der Waals surface area contributed by atoms with Crippen molar-refractivity contribution in [3.8, 4) is 0 Å². The summed E-state index contributed by atoms with van der Waals surface area (Å²) in [5.41, 5.74) is 5.39. The van der Waals surface area contributed by atoms with Gasteiger partial charge in [0.25, 0.3) is 0 Å². The van der Waals surface area contributed by atoms with Gasteiger partial charge in [0, 0.05) is 18.0 Å². The molecule has 0 amide bonds. The second-order valence-corrected chi connectivity index (χ2v) is 4.23. The minimum absolute atomic E-state index is 0.189. The Kier molecular flexibility index (Phi) is 4.51. The van der Waals surface area contributed by atoms with Gasteiger partial charge in [-0.15, -0.1) is 0 Å². The molecule has 2 nitrogen and oxygen atoms in total. The minimum Gasteiger partial charge on any atom is -0.330 e. The Bertz CT molecular complexity index is 436. The quantitative estimate of drug-likeness (QED) is 0.844. The summed E-state index contributed by atoms with van der Waals surface area (Å²) in [6.45, 7) is 3.54. The van der Waals surface area contributed by atoms with E-state index in [1.54, 1.807) is 0 Å². The van der Waals surface area contributed by atoms with E-state index in [0.29, 0.717) is 17.5 Å². The molecule has 0 aromatic heterocycles. The van der Waals surface area contributed by atoms with Gasteiger partial charge in [0.1, 0.15) is 0 Å². The van der Waals surface area contributed by atoms with E-state index < -0.39 is 11.7 Å². The Morgan fingerprint density at radius 3 is 2.39 bits per heavy atom. The van der Waals surface area contributed by atoms with E-state index in [1.807, 2.05) is 6.92 Å². The summed E-state index contributed by atoms with van der Waals surface area (Å²) in [6, 6.07) is 3.17. The van der Waals surface area contributed by atoms with Crippen molar-refractivity contribution in [2.24, 2.45) is 11.7 Å². The highest BCUT2D eigenvalue weighted by atomic mass is 19.4. The molecule has 1 rings (SSSR count). The van der Waals surface area contributed by atoms with Gasteiger partial charge in [-0.1, -0.05) is 13.0 Å². The molecule has 1 atom stereocenters. The average Bonchev–Trinajstić information content (AvgIpc) is 2.29. The summed E-state index contributed by atoms with van der Waals surface area (Å²) in [4.78, 5) is 12.0. The topological polar surface area (TPSA) is 43.1 Å². The highest BCUT2D eigenvalue weighted by Crippen LogP contribution is 2.30. The summed E-state index contributed by atoms with van der Waals surface area (Å²) >= 11 is 0. The number of alkyl halides is 3. The van der Waals surface area contributed by atoms with Gasteiger partial charge in [-0.05, 0) is 31.0 Å². The van der Waals surface area contributed by atoms with Gasteiger partial charge in [-0.2, -0.15) is 13.2 Å². The first-order valence-corrected chi connectivity index (χ1v) is 5.73. The van der Waals surface area contributed by atoms with Crippen LogP contribution in [0, 0.1) is 12.8 Å². The number of carbonyl (C=O) groups excluding carboxylic acids is 1. The first-order chi connectivity index (χ1) is 8.31. The van der Waals surface area contributed by atoms with Crippen molar-refractivity contribution in [3.63, 3.8) is 0 Å². The largest absolute Gasteiger partial charge is 0.416 e. The summed E-state index contributed by atoms with van der Waals surface area (Å²) in [5, 5.41) is 0. The van der Waals surface area contributed by atoms with Crippen molar-refractivity contribution in [2.75, 3.05) is 6.54 Å². The van der Waals surface area contributed by atoms with Crippen molar-refractivity contribution in [1.82, 2.24) is 0 Å². The van der Waals surface area contributed by atoms with E-state index in [2.05, 4.69) is 0 Å². The van der Waals surface area contributed by atoms with Crippen LogP contribution in [0.2, 0.25) is 0 Å². The van der Waals surface area contributed by atoms with Crippen molar-refractivity contribution < 1.29 is 18.0 Å². The zero-order chi connectivity index (χ0) is 13.9. The van der Waals surface area contributed by atoms with Crippen molar-refractivity contribution >= 4 is 5.78 Å². The lowest BCUT2D eigenvalue weighted by Gasteiger charge is -2.14. The van der Waals surface area contributed by atoms with Crippen LogP contribution in [0.4, 0.5) is 13.2 Å². The molecule has 0 spiro atoms. The molecule has 100 valence electrons. The van der Waals surface area contributed by atoms with E-state index in [0.717, 1.165) is 12.1 Å². The Hall–Kier alpha value is -1.36. The number of halogens is 3. The van der Waals surface area contributed by atoms with Gasteiger partial charge in [-0.3, -0.25) is 4.79 Å². The van der Waals surface area contributed by atoms with E-state index in [4.69, 9.17) is 5.73 Å². The summed E-state index contributed by atoms with van der Waals surface area (Å²) in [5.74, 6) is -0.522. The first kappa shape index (κ1) is 14.7. The van der Waals surface area contributed by atoms with Crippen LogP contribution in [0.5, 0.6) is 0 Å². The molecule has 5 heteroatoms. The predicted molar refractivity (Wildman–Crippen MR) is 63.3 cm³/mol. The van der Waals surface area contributed by atoms with Crippen molar-refractivity contribution in [2.45, 2.75) is 26.4 Å². The Morgan fingerprint density at radius 2 is 2.00 bits per heavy atom. The van der Waals surface area contributed by atoms with Crippen LogP contribution >= 0.6 is 0 Å². The van der Waals surface area contributed by atoms with Gasteiger partial charge >= 0.3 is 6.18 Å². The van der Waals surface area contributed by atoms with Gasteiger partial charge in [-0.25, -0.2) is 0 Å². The molecule has 0 saturated carbocycles. The number of hydrogen-bond donors (Lipinski definition) is 1. The molecule has 0 saturated heterocycles. The fraction of sp³-hybridized carbons (Fsp3) is 0.462. The maximum atomic E-state index is 12.5. The molecular formula is C13H16F3NO. The third-order valence-electron chi connectivity index (χ3n) is 2.97. The third kappa shape index (κ3) is 3.10. The standard InChI is InChI=1S/C13H16F3NO/c1-3-9(7-17)12(18)11-5-4-10(6-8(11)2)13(14,15)16/h4-6,9H,3,7,17H2,1-2H3. The third-order valence-corrected chi connectivity index (χ3v) is 2.97. The Morgan fingerprint density at radius 1 is 1.39 bits per heavy atom. The minimum atomic E-state index is -4.38. The van der Waals surface area contributed by atoms with Crippen LogP contribution in [0.15, 0.2) is 18.2 Å². The van der Waals surface area contributed by atoms with Crippen LogP contribution in [0.3, 0.4) is 0 Å². The maximum absolute atomic E-state index is 12.5. The van der Waals surface area contributed by atoms with Crippen LogP contribution in [0.25, 0.3) is 0 Å². The number of Topliss-reactive ketones (excluding diaryl/α,β-unsaturated/α-hetero) is 1. The molecule has 1 unspecified atom stereocenters. The van der Waals surface area contributed by atoms with Crippen LogP contribution in [-0.4, -0.2) is 12.3 Å². The highest BCUT2D eigenvalue weighted by Gasteiger charge is 2.31. The zero-order valence-corrected chi connectivity index (χ0v) is 10.3. The number of aryl methyl sites for hydroxylation is 1. The SMILES string of the molecule is CCC(CN)C(=O)c1ccc(C(F)(F)F)cc1C. The molecule has 1 aromatic carbocycles. The highest BCUT2D eigenvalue weighted by molar-refractivity contribution is 5.99. The second kappa shape index (κ2) is 5.52. The first-order valence-electron chi connectivity index (χ1n) is 5.73. The summed E-state index contributed by atoms with van der Waals surface area (Å²) in [7, 11) is 0. The number of ketones is 1. The van der Waals surface area contributed by atoms with Gasteiger partial charge < -0.3 is 5.73 Å². The van der Waals surface area contributed by atoms with Gasteiger partial charge in [0.2, 0.25) is 0 Å².